The van der Waals surface area contributed by atoms with Crippen LogP contribution in [0.2, 0.25) is 0 Å². The van der Waals surface area contributed by atoms with Gasteiger partial charge < -0.3 is 5.32 Å². The van der Waals surface area contributed by atoms with Crippen molar-refractivity contribution in [2.75, 3.05) is 12.3 Å². The summed E-state index contributed by atoms with van der Waals surface area (Å²) in [6.07, 6.45) is 0.436. The molecule has 17 heavy (non-hydrogen) atoms. The number of benzene rings is 1. The average molecular weight is 325 g/mol. The van der Waals surface area contributed by atoms with Crippen LogP contribution in [0.5, 0.6) is 0 Å². The molecule has 0 aliphatic rings. The highest BCUT2D eigenvalue weighted by Gasteiger charge is 2.03. The number of hydrogen-bond acceptors (Lipinski definition) is 3. The normalized spacial score (nSPS) is 11.7. The summed E-state index contributed by atoms with van der Waals surface area (Å²) in [6.45, 7) is 0.988. The number of halogens is 2. The molecule has 1 aromatic carbocycles. The maximum Gasteiger partial charge on any atom is 0.209 e. The molecule has 0 atom stereocenters. The molecule has 1 aromatic rings. The molecule has 0 bridgehead atoms. The van der Waals surface area contributed by atoms with Crippen molar-refractivity contribution < 1.29 is 12.8 Å². The van der Waals surface area contributed by atoms with Gasteiger partial charge in [-0.25, -0.2) is 17.9 Å². The molecule has 7 heteroatoms. The van der Waals surface area contributed by atoms with Crippen molar-refractivity contribution >= 4 is 26.0 Å². The first-order valence-electron chi connectivity index (χ1n) is 5.03. The summed E-state index contributed by atoms with van der Waals surface area (Å²) in [4.78, 5) is 0. The van der Waals surface area contributed by atoms with Gasteiger partial charge >= 0.3 is 0 Å². The Kier molecular flexibility index (Phi) is 5.51. The van der Waals surface area contributed by atoms with Crippen molar-refractivity contribution in [2.45, 2.75) is 13.0 Å². The predicted octanol–water partition coefficient (Wildman–Crippen LogP) is 1.36. The van der Waals surface area contributed by atoms with E-state index in [1.807, 2.05) is 0 Å². The van der Waals surface area contributed by atoms with Crippen LogP contribution in [0.15, 0.2) is 22.7 Å². The molecule has 0 aliphatic heterocycles. The minimum Gasteiger partial charge on any atom is -0.313 e. The van der Waals surface area contributed by atoms with E-state index >= 15 is 0 Å². The Morgan fingerprint density at radius 2 is 2.12 bits per heavy atom. The lowest BCUT2D eigenvalue weighted by atomic mass is 10.2. The predicted molar refractivity (Wildman–Crippen MR) is 68.4 cm³/mol. The summed E-state index contributed by atoms with van der Waals surface area (Å²) in [5.41, 5.74) is 0.792. The van der Waals surface area contributed by atoms with E-state index in [0.717, 1.165) is 10.0 Å². The maximum atomic E-state index is 12.9. The molecule has 0 saturated heterocycles. The fraction of sp³-hybridized carbons (Fsp3) is 0.400. The van der Waals surface area contributed by atoms with Crippen LogP contribution in [-0.4, -0.2) is 20.7 Å². The SMILES string of the molecule is NS(=O)(=O)CCCNCc1cc(F)ccc1Br. The summed E-state index contributed by atoms with van der Waals surface area (Å²) >= 11 is 3.31. The molecule has 1 rings (SSSR count). The minimum atomic E-state index is -3.39. The van der Waals surface area contributed by atoms with E-state index in [9.17, 15) is 12.8 Å². The van der Waals surface area contributed by atoms with Gasteiger partial charge in [0.1, 0.15) is 5.82 Å². The fourth-order valence-corrected chi connectivity index (χ4v) is 2.23. The van der Waals surface area contributed by atoms with E-state index in [2.05, 4.69) is 21.2 Å². The molecule has 0 unspecified atom stereocenters. The molecular weight excluding hydrogens is 311 g/mol. The zero-order valence-corrected chi connectivity index (χ0v) is 11.5. The van der Waals surface area contributed by atoms with E-state index < -0.39 is 10.0 Å². The second-order valence-corrected chi connectivity index (χ2v) is 6.22. The van der Waals surface area contributed by atoms with E-state index in [1.165, 1.54) is 12.1 Å². The molecule has 0 radical (unpaired) electrons. The number of hydrogen-bond donors (Lipinski definition) is 2. The van der Waals surface area contributed by atoms with Crippen LogP contribution >= 0.6 is 15.9 Å². The maximum absolute atomic E-state index is 12.9. The second kappa shape index (κ2) is 6.44. The quantitative estimate of drug-likeness (QED) is 0.776. The molecule has 0 saturated carbocycles. The summed E-state index contributed by atoms with van der Waals surface area (Å²) in [6, 6.07) is 4.43. The monoisotopic (exact) mass is 324 g/mol. The molecule has 0 fully saturated rings. The van der Waals surface area contributed by atoms with Gasteiger partial charge in [-0.15, -0.1) is 0 Å². The Morgan fingerprint density at radius 1 is 1.41 bits per heavy atom. The Balaban J connectivity index is 2.34. The van der Waals surface area contributed by atoms with Crippen LogP contribution < -0.4 is 10.5 Å². The van der Waals surface area contributed by atoms with Crippen LogP contribution in [-0.2, 0) is 16.6 Å². The molecule has 0 spiro atoms. The third-order valence-electron chi connectivity index (χ3n) is 2.11. The van der Waals surface area contributed by atoms with Gasteiger partial charge in [0.05, 0.1) is 5.75 Å². The minimum absolute atomic E-state index is 0.0513. The molecular formula is C10H14BrFN2O2S. The number of sulfonamides is 1. The van der Waals surface area contributed by atoms with Crippen LogP contribution in [0, 0.1) is 5.82 Å². The van der Waals surface area contributed by atoms with Crippen molar-refractivity contribution in [3.05, 3.63) is 34.1 Å². The lowest BCUT2D eigenvalue weighted by Gasteiger charge is -2.06. The smallest absolute Gasteiger partial charge is 0.209 e. The van der Waals surface area contributed by atoms with Gasteiger partial charge in [-0.1, -0.05) is 15.9 Å². The Morgan fingerprint density at radius 3 is 2.76 bits per heavy atom. The third-order valence-corrected chi connectivity index (χ3v) is 3.74. The third kappa shape index (κ3) is 6.11. The number of rotatable bonds is 6. The first-order chi connectivity index (χ1) is 7.88. The Bertz CT molecular complexity index is 479. The summed E-state index contributed by atoms with van der Waals surface area (Å²) in [7, 11) is -3.39. The standard InChI is InChI=1S/C10H14BrFN2O2S/c11-10-3-2-9(12)6-8(10)7-14-4-1-5-17(13,15)16/h2-3,6,14H,1,4-5,7H2,(H2,13,15,16). The lowest BCUT2D eigenvalue weighted by Crippen LogP contribution is -2.22. The van der Waals surface area contributed by atoms with Gasteiger partial charge in [0.2, 0.25) is 10.0 Å². The number of nitrogens with two attached hydrogens (primary N) is 1. The van der Waals surface area contributed by atoms with E-state index in [1.54, 1.807) is 6.07 Å². The molecule has 96 valence electrons. The second-order valence-electron chi connectivity index (χ2n) is 3.63. The Hall–Kier alpha value is -0.500. The summed E-state index contributed by atoms with van der Waals surface area (Å²) in [5.74, 6) is -0.348. The molecule has 3 N–H and O–H groups in total. The van der Waals surface area contributed by atoms with Crippen LogP contribution in [0.3, 0.4) is 0 Å². The molecule has 4 nitrogen and oxygen atoms in total. The molecule has 0 aliphatic carbocycles. The van der Waals surface area contributed by atoms with Gasteiger partial charge in [-0.3, -0.25) is 0 Å². The van der Waals surface area contributed by atoms with Crippen LogP contribution in [0.4, 0.5) is 4.39 Å². The van der Waals surface area contributed by atoms with Gasteiger partial charge in [0.15, 0.2) is 0 Å². The molecule has 0 heterocycles. The van der Waals surface area contributed by atoms with Gasteiger partial charge in [-0.2, -0.15) is 0 Å². The van der Waals surface area contributed by atoms with E-state index in [-0.39, 0.29) is 11.6 Å². The fourth-order valence-electron chi connectivity index (χ4n) is 1.30. The lowest BCUT2D eigenvalue weighted by molar-refractivity contribution is 0.589. The largest absolute Gasteiger partial charge is 0.313 e. The van der Waals surface area contributed by atoms with E-state index in [0.29, 0.717) is 19.5 Å². The summed E-state index contributed by atoms with van der Waals surface area (Å²) < 4.78 is 35.1. The van der Waals surface area contributed by atoms with Crippen molar-refractivity contribution in [1.82, 2.24) is 5.32 Å². The van der Waals surface area contributed by atoms with Gasteiger partial charge in [0, 0.05) is 11.0 Å². The highest BCUT2D eigenvalue weighted by molar-refractivity contribution is 9.10. The summed E-state index contributed by atoms with van der Waals surface area (Å²) in [5, 5.41) is 7.89. The van der Waals surface area contributed by atoms with Crippen molar-refractivity contribution in [2.24, 2.45) is 5.14 Å². The average Bonchev–Trinajstić information content (AvgIpc) is 2.21. The topological polar surface area (TPSA) is 72.2 Å². The highest BCUT2D eigenvalue weighted by Crippen LogP contribution is 2.17. The highest BCUT2D eigenvalue weighted by atomic mass is 79.9. The van der Waals surface area contributed by atoms with Crippen molar-refractivity contribution in [1.29, 1.82) is 0 Å². The Labute approximate surface area is 109 Å². The van der Waals surface area contributed by atoms with Crippen LogP contribution in [0.25, 0.3) is 0 Å². The number of nitrogens with one attached hydrogen (secondary N) is 1. The molecule has 0 aromatic heterocycles. The van der Waals surface area contributed by atoms with Gasteiger partial charge in [0.25, 0.3) is 0 Å². The van der Waals surface area contributed by atoms with E-state index in [4.69, 9.17) is 5.14 Å². The van der Waals surface area contributed by atoms with Crippen LogP contribution in [0.1, 0.15) is 12.0 Å². The zero-order chi connectivity index (χ0) is 12.9. The first kappa shape index (κ1) is 14.6. The van der Waals surface area contributed by atoms with Gasteiger partial charge in [-0.05, 0) is 36.7 Å². The molecule has 0 amide bonds. The zero-order valence-electron chi connectivity index (χ0n) is 9.12. The van der Waals surface area contributed by atoms with Crippen molar-refractivity contribution in [3.63, 3.8) is 0 Å². The first-order valence-corrected chi connectivity index (χ1v) is 7.54. The number of primary sulfonamides is 1. The van der Waals surface area contributed by atoms with Crippen molar-refractivity contribution in [3.8, 4) is 0 Å².